The fourth-order valence-corrected chi connectivity index (χ4v) is 4.69. The van der Waals surface area contributed by atoms with E-state index in [1.165, 1.54) is 7.05 Å². The van der Waals surface area contributed by atoms with Gasteiger partial charge in [0, 0.05) is 17.0 Å². The van der Waals surface area contributed by atoms with E-state index in [1.807, 2.05) is 25.1 Å². The van der Waals surface area contributed by atoms with Crippen LogP contribution in [0.2, 0.25) is 0 Å². The van der Waals surface area contributed by atoms with Gasteiger partial charge < -0.3 is 4.74 Å². The van der Waals surface area contributed by atoms with Gasteiger partial charge in [0.15, 0.2) is 0 Å². The standard InChI is InChI=1S/C30H34N5O2S/c1-6-8-22-16-26(17-23(18-31)28(22)37-7-2)30(3,4)25-12-9-20(10-13-25)21-11-14-27-24(15-21)19-32-29(33-27)34-35(5,36)38/h9-17,19,36,38H,6-8H2,1-5H3,(H,32,33,34)/q+1. The van der Waals surface area contributed by atoms with Gasteiger partial charge in [-0.1, -0.05) is 63.6 Å². The second kappa shape index (κ2) is 11.0. The number of quaternary nitrogens is 1. The van der Waals surface area contributed by atoms with Gasteiger partial charge in [0.25, 0.3) is 5.95 Å². The molecule has 0 spiro atoms. The third kappa shape index (κ3) is 5.91. The molecule has 4 rings (SSSR count). The predicted octanol–water partition coefficient (Wildman–Crippen LogP) is 6.85. The number of nitrogens with one attached hydrogen (secondary N) is 1. The van der Waals surface area contributed by atoms with Crippen molar-refractivity contribution in [3.8, 4) is 22.9 Å². The van der Waals surface area contributed by atoms with Crippen LogP contribution in [0.4, 0.5) is 5.95 Å². The molecule has 0 aliphatic carbocycles. The first-order valence-corrected chi connectivity index (χ1v) is 13.1. The Morgan fingerprint density at radius 3 is 2.39 bits per heavy atom. The molecule has 0 aliphatic heterocycles. The van der Waals surface area contributed by atoms with E-state index in [9.17, 15) is 10.5 Å². The van der Waals surface area contributed by atoms with E-state index >= 15 is 0 Å². The molecule has 1 aromatic heterocycles. The lowest BCUT2D eigenvalue weighted by molar-refractivity contribution is -0.955. The van der Waals surface area contributed by atoms with Gasteiger partial charge in [0.1, 0.15) is 31.7 Å². The zero-order chi connectivity index (χ0) is 27.5. The number of nitriles is 1. The number of thiol groups is 1. The van der Waals surface area contributed by atoms with Gasteiger partial charge in [0.2, 0.25) is 0 Å². The molecule has 1 heterocycles. The molecule has 196 valence electrons. The van der Waals surface area contributed by atoms with Crippen LogP contribution in [0.25, 0.3) is 22.0 Å². The number of benzene rings is 3. The second-order valence-corrected chi connectivity index (χ2v) is 10.8. The molecule has 2 N–H and O–H groups in total. The molecule has 0 radical (unpaired) electrons. The summed E-state index contributed by atoms with van der Waals surface area (Å²) in [6.45, 7) is 9.00. The third-order valence-electron chi connectivity index (χ3n) is 6.65. The average molecular weight is 529 g/mol. The van der Waals surface area contributed by atoms with Gasteiger partial charge in [-0.05, 0) is 63.5 Å². The van der Waals surface area contributed by atoms with Crippen molar-refractivity contribution >= 4 is 29.7 Å². The number of hydrogen-bond acceptors (Lipinski definition) is 7. The molecular weight excluding hydrogens is 494 g/mol. The molecule has 1 unspecified atom stereocenters. The Balaban J connectivity index is 1.64. The minimum atomic E-state index is -0.763. The molecule has 0 fully saturated rings. The van der Waals surface area contributed by atoms with Crippen molar-refractivity contribution < 1.29 is 14.1 Å². The van der Waals surface area contributed by atoms with Crippen LogP contribution in [0.15, 0.2) is 60.8 Å². The van der Waals surface area contributed by atoms with Gasteiger partial charge in [-0.15, -0.1) is 0 Å². The smallest absolute Gasteiger partial charge is 0.273 e. The van der Waals surface area contributed by atoms with E-state index in [2.05, 4.69) is 91.4 Å². The number of hydrogen-bond donors (Lipinski definition) is 3. The van der Waals surface area contributed by atoms with Gasteiger partial charge in [-0.25, -0.2) is 9.97 Å². The lowest BCUT2D eigenvalue weighted by Gasteiger charge is -2.28. The van der Waals surface area contributed by atoms with Crippen molar-refractivity contribution in [1.82, 2.24) is 9.97 Å². The number of fused-ring (bicyclic) bond motifs is 1. The summed E-state index contributed by atoms with van der Waals surface area (Å²) in [5.74, 6) is 0.998. The SMILES string of the molecule is CCCc1cc(C(C)(C)c2ccc(-c3ccc4nc(N[N+](C)(O)S)ncc4c3)cc2)cc(C#N)c1OCC. The first-order valence-electron chi connectivity index (χ1n) is 12.7. The molecule has 0 amide bonds. The van der Waals surface area contributed by atoms with Gasteiger partial charge >= 0.3 is 0 Å². The minimum Gasteiger partial charge on any atom is -0.492 e. The molecule has 0 saturated carbocycles. The van der Waals surface area contributed by atoms with Gasteiger partial charge in [0.05, 0.1) is 17.7 Å². The first-order chi connectivity index (χ1) is 18.1. The van der Waals surface area contributed by atoms with Crippen LogP contribution < -0.4 is 10.2 Å². The highest BCUT2D eigenvalue weighted by Gasteiger charge is 2.26. The van der Waals surface area contributed by atoms with Crippen molar-refractivity contribution in [3.63, 3.8) is 0 Å². The highest BCUT2D eigenvalue weighted by atomic mass is 32.1. The fourth-order valence-electron chi connectivity index (χ4n) is 4.60. The zero-order valence-corrected chi connectivity index (χ0v) is 23.4. The maximum absolute atomic E-state index is 9.84. The number of ether oxygens (including phenoxy) is 1. The van der Waals surface area contributed by atoms with Crippen molar-refractivity contribution in [2.75, 3.05) is 19.1 Å². The number of aryl methyl sites for hydroxylation is 1. The maximum Gasteiger partial charge on any atom is 0.273 e. The van der Waals surface area contributed by atoms with E-state index in [0.717, 1.165) is 51.6 Å². The third-order valence-corrected chi connectivity index (χ3v) is 6.75. The van der Waals surface area contributed by atoms with Crippen LogP contribution in [0.5, 0.6) is 5.75 Å². The number of aromatic nitrogens is 2. The lowest BCUT2D eigenvalue weighted by atomic mass is 9.76. The lowest BCUT2D eigenvalue weighted by Crippen LogP contribution is -2.36. The summed E-state index contributed by atoms with van der Waals surface area (Å²) in [7, 11) is 1.45. The van der Waals surface area contributed by atoms with Crippen molar-refractivity contribution in [3.05, 3.63) is 83.0 Å². The van der Waals surface area contributed by atoms with Crippen LogP contribution in [0, 0.1) is 11.3 Å². The van der Waals surface area contributed by atoms with Crippen molar-refractivity contribution in [1.29, 1.82) is 5.26 Å². The van der Waals surface area contributed by atoms with E-state index in [1.54, 1.807) is 6.20 Å². The fraction of sp³-hybridized carbons (Fsp3) is 0.300. The maximum atomic E-state index is 9.84. The van der Waals surface area contributed by atoms with E-state index < -0.39 is 4.16 Å². The Bertz CT molecular complexity index is 1490. The highest BCUT2D eigenvalue weighted by molar-refractivity contribution is 7.74. The Morgan fingerprint density at radius 1 is 1.05 bits per heavy atom. The van der Waals surface area contributed by atoms with Crippen LogP contribution in [-0.4, -0.2) is 33.0 Å². The molecule has 3 aromatic carbocycles. The van der Waals surface area contributed by atoms with Crippen LogP contribution in [-0.2, 0) is 11.8 Å². The average Bonchev–Trinajstić information content (AvgIpc) is 2.88. The molecule has 0 saturated heterocycles. The molecule has 0 aliphatic rings. The minimum absolute atomic E-state index is 0.285. The molecule has 38 heavy (non-hydrogen) atoms. The Kier molecular flexibility index (Phi) is 7.93. The molecule has 7 nitrogen and oxygen atoms in total. The predicted molar refractivity (Wildman–Crippen MR) is 154 cm³/mol. The number of rotatable bonds is 9. The van der Waals surface area contributed by atoms with Crippen LogP contribution in [0.1, 0.15) is 56.4 Å². The molecule has 8 heteroatoms. The Labute approximate surface area is 229 Å². The van der Waals surface area contributed by atoms with Crippen molar-refractivity contribution in [2.45, 2.75) is 46.0 Å². The monoisotopic (exact) mass is 528 g/mol. The van der Waals surface area contributed by atoms with E-state index in [0.29, 0.717) is 17.9 Å². The molecule has 0 bridgehead atoms. The number of nitrogens with zero attached hydrogens (tertiary/aromatic N) is 4. The second-order valence-electron chi connectivity index (χ2n) is 10.0. The van der Waals surface area contributed by atoms with Crippen LogP contribution in [0.3, 0.4) is 0 Å². The van der Waals surface area contributed by atoms with E-state index in [4.69, 9.17) is 4.74 Å². The molecule has 4 aromatic rings. The normalized spacial score (nSPS) is 13.1. The van der Waals surface area contributed by atoms with Gasteiger partial charge in [-0.3, -0.25) is 0 Å². The summed E-state index contributed by atoms with van der Waals surface area (Å²) in [5, 5.41) is 20.5. The summed E-state index contributed by atoms with van der Waals surface area (Å²) < 4.78 is 5.09. The molecule has 1 atom stereocenters. The van der Waals surface area contributed by atoms with Crippen molar-refractivity contribution in [2.24, 2.45) is 0 Å². The van der Waals surface area contributed by atoms with Crippen LogP contribution >= 0.6 is 12.8 Å². The zero-order valence-electron chi connectivity index (χ0n) is 22.5. The Morgan fingerprint density at radius 2 is 1.76 bits per heavy atom. The van der Waals surface area contributed by atoms with Gasteiger partial charge in [-0.2, -0.15) is 15.9 Å². The summed E-state index contributed by atoms with van der Waals surface area (Å²) in [4.78, 5) is 8.73. The largest absolute Gasteiger partial charge is 0.492 e. The summed E-state index contributed by atoms with van der Waals surface area (Å²) in [6, 6.07) is 21.1. The first kappa shape index (κ1) is 27.4. The highest BCUT2D eigenvalue weighted by Crippen LogP contribution is 2.37. The number of hydroxylamine groups is 1. The quantitative estimate of drug-likeness (QED) is 0.125. The Hall–Kier alpha value is -3.64. The molecular formula is C30H34N5O2S+. The van der Waals surface area contributed by atoms with E-state index in [-0.39, 0.29) is 11.4 Å². The number of anilines is 1. The summed E-state index contributed by atoms with van der Waals surface area (Å²) >= 11 is 4.00. The summed E-state index contributed by atoms with van der Waals surface area (Å²) in [6.07, 6.45) is 3.57. The topological polar surface area (TPSA) is 91.1 Å². The summed E-state index contributed by atoms with van der Waals surface area (Å²) in [5.41, 5.74) is 9.22.